The van der Waals surface area contributed by atoms with Crippen molar-refractivity contribution in [3.05, 3.63) is 70.8 Å². The molecule has 0 aliphatic heterocycles. The summed E-state index contributed by atoms with van der Waals surface area (Å²) in [6, 6.07) is 13.9. The number of alkyl halides is 3. The predicted octanol–water partition coefficient (Wildman–Crippen LogP) is 5.45. The smallest absolute Gasteiger partial charge is 0.432 e. The van der Waals surface area contributed by atoms with Crippen molar-refractivity contribution in [2.45, 2.75) is 12.6 Å². The first kappa shape index (κ1) is 22.0. The van der Waals surface area contributed by atoms with Crippen LogP contribution in [0.3, 0.4) is 0 Å². The van der Waals surface area contributed by atoms with E-state index in [2.05, 4.69) is 5.32 Å². The largest absolute Gasteiger partial charge is 0.461 e. The lowest BCUT2D eigenvalue weighted by Gasteiger charge is -2.14. The Balaban J connectivity index is 2.32. The lowest BCUT2D eigenvalue weighted by molar-refractivity contribution is -0.0583. The van der Waals surface area contributed by atoms with Crippen LogP contribution in [-0.4, -0.2) is 24.5 Å². The molecule has 2 aromatic rings. The van der Waals surface area contributed by atoms with Gasteiger partial charge in [-0.1, -0.05) is 35.9 Å². The fourth-order valence-corrected chi connectivity index (χ4v) is 2.37. The molecule has 29 heavy (non-hydrogen) atoms. The fraction of sp³-hybridized carbons (Fsp3) is 0.150. The van der Waals surface area contributed by atoms with E-state index in [0.717, 1.165) is 0 Å². The van der Waals surface area contributed by atoms with Crippen LogP contribution < -0.4 is 5.32 Å². The summed E-state index contributed by atoms with van der Waals surface area (Å²) in [5, 5.41) is 18.8. The van der Waals surface area contributed by atoms with Crippen molar-refractivity contribution in [1.82, 2.24) is 0 Å². The van der Waals surface area contributed by atoms with Crippen LogP contribution in [0.15, 0.2) is 54.6 Å². The highest BCUT2D eigenvalue weighted by atomic mass is 35.5. The number of esters is 1. The maximum Gasteiger partial charge on any atom is 0.432 e. The van der Waals surface area contributed by atoms with Gasteiger partial charge in [0, 0.05) is 5.70 Å². The van der Waals surface area contributed by atoms with Crippen molar-refractivity contribution in [1.29, 1.82) is 10.7 Å². The third-order valence-electron chi connectivity index (χ3n) is 3.62. The van der Waals surface area contributed by atoms with Gasteiger partial charge in [0.2, 0.25) is 0 Å². The number of nitrogens with zero attached hydrogens (tertiary/aromatic N) is 1. The number of carbonyl (C=O) groups is 1. The summed E-state index contributed by atoms with van der Waals surface area (Å²) in [7, 11) is 0. The van der Waals surface area contributed by atoms with E-state index in [1.165, 1.54) is 24.3 Å². The second-order valence-electron chi connectivity index (χ2n) is 5.70. The minimum atomic E-state index is -4.82. The number of hydrogen-bond acceptors (Lipinski definition) is 5. The zero-order valence-electron chi connectivity index (χ0n) is 14.9. The Bertz CT molecular complexity index is 964. The van der Waals surface area contributed by atoms with Crippen LogP contribution in [-0.2, 0) is 4.74 Å². The Morgan fingerprint density at radius 2 is 1.79 bits per heavy atom. The van der Waals surface area contributed by atoms with E-state index in [1.807, 2.05) is 6.07 Å². The molecule has 0 atom stereocenters. The first-order valence-electron chi connectivity index (χ1n) is 8.26. The van der Waals surface area contributed by atoms with Crippen LogP contribution in [0.4, 0.5) is 18.9 Å². The predicted molar refractivity (Wildman–Crippen MR) is 104 cm³/mol. The highest BCUT2D eigenvalue weighted by Crippen LogP contribution is 2.27. The number of nitrogens with one attached hydrogen (secondary N) is 2. The Morgan fingerprint density at radius 3 is 2.38 bits per heavy atom. The van der Waals surface area contributed by atoms with Crippen molar-refractivity contribution in [2.24, 2.45) is 0 Å². The van der Waals surface area contributed by atoms with Gasteiger partial charge >= 0.3 is 12.1 Å². The van der Waals surface area contributed by atoms with Gasteiger partial charge in [-0.25, -0.2) is 4.79 Å². The Morgan fingerprint density at radius 1 is 1.17 bits per heavy atom. The Labute approximate surface area is 169 Å². The SMILES string of the molecule is N#CCCOC(=O)c1ccc(/C(=C/C(=N)C(F)(F)F)Nc2ccccc2Cl)cc1. The van der Waals surface area contributed by atoms with Crippen molar-refractivity contribution < 1.29 is 22.7 Å². The minimum absolute atomic E-state index is 0.0233. The molecule has 0 aliphatic carbocycles. The molecule has 0 heterocycles. The van der Waals surface area contributed by atoms with Gasteiger partial charge in [-0.3, -0.25) is 5.41 Å². The van der Waals surface area contributed by atoms with Crippen LogP contribution in [0.2, 0.25) is 5.02 Å². The number of carbonyl (C=O) groups excluding carboxylic acids is 1. The van der Waals surface area contributed by atoms with Gasteiger partial charge in [-0.2, -0.15) is 18.4 Å². The molecular formula is C20H15ClF3N3O2. The van der Waals surface area contributed by atoms with Gasteiger partial charge in [-0.05, 0) is 35.9 Å². The average molecular weight is 422 g/mol. The third-order valence-corrected chi connectivity index (χ3v) is 3.95. The number of rotatable bonds is 7. The summed E-state index contributed by atoms with van der Waals surface area (Å²) in [6.45, 7) is -0.0565. The lowest BCUT2D eigenvalue weighted by atomic mass is 10.1. The monoisotopic (exact) mass is 421 g/mol. The maximum absolute atomic E-state index is 12.9. The molecule has 0 fully saturated rings. The number of nitriles is 1. The Kier molecular flexibility index (Phi) is 7.39. The summed E-state index contributed by atoms with van der Waals surface area (Å²) < 4.78 is 43.5. The molecule has 9 heteroatoms. The van der Waals surface area contributed by atoms with Crippen LogP contribution >= 0.6 is 11.6 Å². The van der Waals surface area contributed by atoms with E-state index in [0.29, 0.717) is 17.3 Å². The molecule has 150 valence electrons. The molecule has 0 radical (unpaired) electrons. The summed E-state index contributed by atoms with van der Waals surface area (Å²) in [4.78, 5) is 11.9. The highest BCUT2D eigenvalue weighted by Gasteiger charge is 2.33. The van der Waals surface area contributed by atoms with Gasteiger partial charge in [0.05, 0.1) is 28.8 Å². The number of hydrogen-bond donors (Lipinski definition) is 2. The number of ether oxygens (including phenoxy) is 1. The molecule has 2 N–H and O–H groups in total. The number of allylic oxidation sites excluding steroid dienone is 1. The van der Waals surface area contributed by atoms with Crippen LogP contribution in [0.25, 0.3) is 5.70 Å². The molecule has 0 bridgehead atoms. The molecule has 2 rings (SSSR count). The van der Waals surface area contributed by atoms with Crippen molar-refractivity contribution in [3.63, 3.8) is 0 Å². The normalized spacial score (nSPS) is 11.5. The number of benzene rings is 2. The maximum atomic E-state index is 12.9. The second-order valence-corrected chi connectivity index (χ2v) is 6.10. The van der Waals surface area contributed by atoms with E-state index in [9.17, 15) is 18.0 Å². The Hall–Kier alpha value is -3.31. The first-order valence-corrected chi connectivity index (χ1v) is 8.63. The van der Waals surface area contributed by atoms with E-state index in [-0.39, 0.29) is 29.3 Å². The molecule has 0 unspecified atom stereocenters. The zero-order valence-corrected chi connectivity index (χ0v) is 15.6. The van der Waals surface area contributed by atoms with Crippen molar-refractivity contribution in [2.75, 3.05) is 11.9 Å². The molecular weight excluding hydrogens is 407 g/mol. The topological polar surface area (TPSA) is 86.0 Å². The molecule has 0 aliphatic rings. The molecule has 0 aromatic heterocycles. The van der Waals surface area contributed by atoms with Crippen LogP contribution in [0.5, 0.6) is 0 Å². The van der Waals surface area contributed by atoms with Gasteiger partial charge in [0.15, 0.2) is 0 Å². The van der Waals surface area contributed by atoms with Gasteiger partial charge in [0.1, 0.15) is 12.3 Å². The molecule has 0 saturated carbocycles. The number of anilines is 1. The van der Waals surface area contributed by atoms with Crippen molar-refractivity contribution in [3.8, 4) is 6.07 Å². The molecule has 2 aromatic carbocycles. The second kappa shape index (κ2) is 9.75. The first-order chi connectivity index (χ1) is 13.7. The summed E-state index contributed by atoms with van der Waals surface area (Å²) >= 11 is 6.06. The van der Waals surface area contributed by atoms with Gasteiger partial charge < -0.3 is 10.1 Å². The van der Waals surface area contributed by atoms with E-state index in [4.69, 9.17) is 27.0 Å². The quantitative estimate of drug-likeness (QED) is 0.354. The molecule has 0 spiro atoms. The van der Waals surface area contributed by atoms with Gasteiger partial charge in [-0.15, -0.1) is 0 Å². The zero-order chi connectivity index (χ0) is 21.4. The summed E-state index contributed by atoms with van der Waals surface area (Å²) in [5.41, 5.74) is -0.741. The average Bonchev–Trinajstić information content (AvgIpc) is 2.68. The van der Waals surface area contributed by atoms with Crippen LogP contribution in [0.1, 0.15) is 22.3 Å². The number of halogens is 4. The number of para-hydroxylation sites is 1. The molecule has 0 amide bonds. The highest BCUT2D eigenvalue weighted by molar-refractivity contribution is 6.33. The van der Waals surface area contributed by atoms with Gasteiger partial charge in [0.25, 0.3) is 0 Å². The van der Waals surface area contributed by atoms with E-state index in [1.54, 1.807) is 24.3 Å². The van der Waals surface area contributed by atoms with Crippen molar-refractivity contribution >= 4 is 34.7 Å². The minimum Gasteiger partial charge on any atom is -0.461 e. The third kappa shape index (κ3) is 6.36. The summed E-state index contributed by atoms with van der Waals surface area (Å²) in [5.74, 6) is -0.653. The lowest BCUT2D eigenvalue weighted by Crippen LogP contribution is -2.20. The van der Waals surface area contributed by atoms with E-state index >= 15 is 0 Å². The molecule has 0 saturated heterocycles. The summed E-state index contributed by atoms with van der Waals surface area (Å²) in [6.07, 6.45) is -4.13. The van der Waals surface area contributed by atoms with E-state index < -0.39 is 17.9 Å². The molecule has 5 nitrogen and oxygen atoms in total. The standard InChI is InChI=1S/C20H15ClF3N3O2/c21-15-4-1-2-5-16(15)27-17(12-18(26)20(22,23)24)13-6-8-14(9-7-13)19(28)29-11-3-10-25/h1-2,4-9,12,26-27H,3,11H2/b17-12-,26-18?. The van der Waals surface area contributed by atoms with Crippen LogP contribution in [0, 0.1) is 16.7 Å². The fourth-order valence-electron chi connectivity index (χ4n) is 2.18.